The Morgan fingerprint density at radius 3 is 2.40 bits per heavy atom. The van der Waals surface area contributed by atoms with Crippen LogP contribution in [0.4, 0.5) is 0 Å². The predicted molar refractivity (Wildman–Crippen MR) is 35.3 cm³/mol. The minimum atomic E-state index is -0.584. The molecule has 4 heteroatoms. The van der Waals surface area contributed by atoms with Crippen LogP contribution in [0.15, 0.2) is 0 Å². The van der Waals surface area contributed by atoms with Crippen LogP contribution in [0.3, 0.4) is 0 Å². The molecule has 0 saturated heterocycles. The van der Waals surface area contributed by atoms with Gasteiger partial charge in [0.15, 0.2) is 5.78 Å². The highest BCUT2D eigenvalue weighted by Crippen LogP contribution is 1.89. The van der Waals surface area contributed by atoms with Crippen molar-refractivity contribution in [3.8, 4) is 0 Å². The van der Waals surface area contributed by atoms with E-state index in [1.54, 1.807) is 0 Å². The number of carbonyl (C=O) groups is 2. The number of nitrogens with two attached hydrogens (primary N) is 1. The van der Waals surface area contributed by atoms with Gasteiger partial charge in [0.2, 0.25) is 0 Å². The fourth-order valence-electron chi connectivity index (χ4n) is 0.375. The largest absolute Gasteiger partial charge is 0.469 e. The molecule has 0 aliphatic heterocycles. The Bertz CT molecular complexity index is 142. The lowest BCUT2D eigenvalue weighted by molar-refractivity contribution is -0.143. The molecule has 0 heterocycles. The van der Waals surface area contributed by atoms with E-state index < -0.39 is 12.0 Å². The van der Waals surface area contributed by atoms with Crippen molar-refractivity contribution in [1.29, 1.82) is 0 Å². The normalized spacial score (nSPS) is 12.3. The van der Waals surface area contributed by atoms with Gasteiger partial charge in [0.25, 0.3) is 0 Å². The zero-order valence-electron chi connectivity index (χ0n) is 6.09. The van der Waals surface area contributed by atoms with E-state index in [0.29, 0.717) is 0 Å². The van der Waals surface area contributed by atoms with Gasteiger partial charge in [-0.2, -0.15) is 0 Å². The highest BCUT2D eigenvalue weighted by atomic mass is 16.5. The van der Waals surface area contributed by atoms with Gasteiger partial charge in [-0.05, 0) is 6.92 Å². The molecule has 0 aromatic rings. The Balaban J connectivity index is 3.69. The third kappa shape index (κ3) is 3.19. The van der Waals surface area contributed by atoms with Crippen LogP contribution in [0.5, 0.6) is 0 Å². The van der Waals surface area contributed by atoms with Crippen molar-refractivity contribution >= 4 is 11.8 Å². The molecular weight excluding hydrogens is 134 g/mol. The molecule has 0 unspecified atom stereocenters. The van der Waals surface area contributed by atoms with Crippen molar-refractivity contribution < 1.29 is 14.3 Å². The molecule has 0 saturated carbocycles. The first-order valence-corrected chi connectivity index (χ1v) is 2.93. The van der Waals surface area contributed by atoms with E-state index in [1.165, 1.54) is 14.0 Å². The minimum Gasteiger partial charge on any atom is -0.469 e. The number of ether oxygens (including phenoxy) is 1. The molecule has 4 nitrogen and oxygen atoms in total. The standard InChI is InChI=1S/C6H11NO3/c1-4(7)5(8)3-6(9)10-2/h4H,3,7H2,1-2H3/t4-/m0/s1. The molecule has 1 atom stereocenters. The van der Waals surface area contributed by atoms with Gasteiger partial charge in [-0.3, -0.25) is 9.59 Å². The van der Waals surface area contributed by atoms with Crippen LogP contribution in [0.2, 0.25) is 0 Å². The van der Waals surface area contributed by atoms with E-state index in [0.717, 1.165) is 0 Å². The molecule has 0 fully saturated rings. The third-order valence-corrected chi connectivity index (χ3v) is 1.05. The van der Waals surface area contributed by atoms with E-state index in [2.05, 4.69) is 4.74 Å². The maximum atomic E-state index is 10.7. The van der Waals surface area contributed by atoms with Crippen LogP contribution >= 0.6 is 0 Å². The molecule has 0 amide bonds. The number of ketones is 1. The van der Waals surface area contributed by atoms with Crippen LogP contribution in [-0.4, -0.2) is 24.9 Å². The monoisotopic (exact) mass is 145 g/mol. The van der Waals surface area contributed by atoms with E-state index >= 15 is 0 Å². The summed E-state index contributed by atoms with van der Waals surface area (Å²) in [5.41, 5.74) is 5.18. The number of hydrogen-bond acceptors (Lipinski definition) is 4. The molecule has 0 aliphatic rings. The summed E-state index contributed by atoms with van der Waals surface area (Å²) < 4.78 is 4.26. The van der Waals surface area contributed by atoms with Gasteiger partial charge in [-0.15, -0.1) is 0 Å². The van der Waals surface area contributed by atoms with E-state index in [4.69, 9.17) is 5.73 Å². The van der Waals surface area contributed by atoms with Gasteiger partial charge in [-0.25, -0.2) is 0 Å². The number of carbonyl (C=O) groups excluding carboxylic acids is 2. The molecule has 0 aromatic heterocycles. The van der Waals surface area contributed by atoms with Crippen molar-refractivity contribution in [3.63, 3.8) is 0 Å². The quantitative estimate of drug-likeness (QED) is 0.428. The van der Waals surface area contributed by atoms with Gasteiger partial charge >= 0.3 is 5.97 Å². The van der Waals surface area contributed by atoms with Crippen LogP contribution in [0.1, 0.15) is 13.3 Å². The number of rotatable bonds is 3. The topological polar surface area (TPSA) is 69.4 Å². The summed E-state index contributed by atoms with van der Waals surface area (Å²) in [7, 11) is 1.23. The Hall–Kier alpha value is -0.900. The van der Waals surface area contributed by atoms with Crippen LogP contribution in [-0.2, 0) is 14.3 Å². The molecule has 2 N–H and O–H groups in total. The van der Waals surface area contributed by atoms with Gasteiger partial charge in [0, 0.05) is 0 Å². The van der Waals surface area contributed by atoms with Crippen molar-refractivity contribution in [2.45, 2.75) is 19.4 Å². The van der Waals surface area contributed by atoms with Gasteiger partial charge < -0.3 is 10.5 Å². The molecule has 10 heavy (non-hydrogen) atoms. The van der Waals surface area contributed by atoms with Crippen LogP contribution in [0, 0.1) is 0 Å². The lowest BCUT2D eigenvalue weighted by Gasteiger charge is -2.01. The maximum absolute atomic E-state index is 10.7. The molecule has 0 bridgehead atoms. The molecular formula is C6H11NO3. The van der Waals surface area contributed by atoms with Crippen molar-refractivity contribution in [2.75, 3.05) is 7.11 Å². The molecule has 0 aliphatic carbocycles. The Morgan fingerprint density at radius 1 is 1.60 bits per heavy atom. The lowest BCUT2D eigenvalue weighted by Crippen LogP contribution is -2.28. The fourth-order valence-corrected chi connectivity index (χ4v) is 0.375. The lowest BCUT2D eigenvalue weighted by atomic mass is 10.2. The van der Waals surface area contributed by atoms with Crippen molar-refractivity contribution in [1.82, 2.24) is 0 Å². The Kier molecular flexibility index (Phi) is 3.64. The summed E-state index contributed by atoms with van der Waals surface area (Å²) >= 11 is 0. The SMILES string of the molecule is COC(=O)CC(=O)[C@H](C)N. The van der Waals surface area contributed by atoms with Gasteiger partial charge in [0.05, 0.1) is 13.2 Å². The average Bonchev–Trinajstić information content (AvgIpc) is 1.87. The Morgan fingerprint density at radius 2 is 2.10 bits per heavy atom. The zero-order valence-corrected chi connectivity index (χ0v) is 6.09. The number of methoxy groups -OCH3 is 1. The minimum absolute atomic E-state index is 0.228. The summed E-state index contributed by atoms with van der Waals surface area (Å²) in [6, 6.07) is -0.584. The smallest absolute Gasteiger partial charge is 0.313 e. The highest BCUT2D eigenvalue weighted by molar-refractivity contribution is 5.98. The maximum Gasteiger partial charge on any atom is 0.313 e. The molecule has 0 spiro atoms. The molecule has 0 radical (unpaired) electrons. The second kappa shape index (κ2) is 4.00. The first-order valence-electron chi connectivity index (χ1n) is 2.93. The first kappa shape index (κ1) is 9.10. The summed E-state index contributed by atoms with van der Waals surface area (Å²) in [5.74, 6) is -0.839. The van der Waals surface area contributed by atoms with Crippen molar-refractivity contribution in [2.24, 2.45) is 5.73 Å². The highest BCUT2D eigenvalue weighted by Gasteiger charge is 2.12. The first-order chi connectivity index (χ1) is 4.57. The Labute approximate surface area is 59.3 Å². The van der Waals surface area contributed by atoms with E-state index in [-0.39, 0.29) is 12.2 Å². The number of hydrogen-bond donors (Lipinski definition) is 1. The van der Waals surface area contributed by atoms with Crippen molar-refractivity contribution in [3.05, 3.63) is 0 Å². The van der Waals surface area contributed by atoms with Gasteiger partial charge in [0.1, 0.15) is 6.42 Å². The average molecular weight is 145 g/mol. The zero-order chi connectivity index (χ0) is 8.15. The van der Waals surface area contributed by atoms with Crippen LogP contribution < -0.4 is 5.73 Å². The molecule has 58 valence electrons. The summed E-state index contributed by atoms with van der Waals surface area (Å²) in [6.07, 6.45) is -0.228. The summed E-state index contributed by atoms with van der Waals surface area (Å²) in [6.45, 7) is 1.53. The second-order valence-electron chi connectivity index (χ2n) is 2.01. The van der Waals surface area contributed by atoms with E-state index in [9.17, 15) is 9.59 Å². The van der Waals surface area contributed by atoms with Crippen LogP contribution in [0.25, 0.3) is 0 Å². The summed E-state index contributed by atoms with van der Waals surface area (Å²) in [4.78, 5) is 21.1. The summed E-state index contributed by atoms with van der Waals surface area (Å²) in [5, 5.41) is 0. The number of esters is 1. The predicted octanol–water partition coefficient (Wildman–Crippen LogP) is -0.534. The third-order valence-electron chi connectivity index (χ3n) is 1.05. The van der Waals surface area contributed by atoms with E-state index in [1.807, 2.05) is 0 Å². The fraction of sp³-hybridized carbons (Fsp3) is 0.667. The number of Topliss-reactive ketones (excluding diaryl/α,β-unsaturated/α-hetero) is 1. The second-order valence-corrected chi connectivity index (χ2v) is 2.01. The van der Waals surface area contributed by atoms with Gasteiger partial charge in [-0.1, -0.05) is 0 Å². The molecule has 0 rings (SSSR count). The molecule has 0 aromatic carbocycles.